The predicted molar refractivity (Wildman–Crippen MR) is 78.6 cm³/mol. The van der Waals surface area contributed by atoms with Crippen molar-refractivity contribution in [1.29, 1.82) is 0 Å². The molecular weight excluding hydrogens is 238 g/mol. The smallest absolute Gasteiger partial charge is 0.237 e. The number of nitrogens with one attached hydrogen (secondary N) is 1. The summed E-state index contributed by atoms with van der Waals surface area (Å²) >= 11 is 0. The maximum atomic E-state index is 11.9. The minimum absolute atomic E-state index is 0.0827. The van der Waals surface area contributed by atoms with E-state index in [9.17, 15) is 4.79 Å². The highest BCUT2D eigenvalue weighted by molar-refractivity contribution is 5.81. The van der Waals surface area contributed by atoms with Gasteiger partial charge in [0.2, 0.25) is 5.91 Å². The van der Waals surface area contributed by atoms with Crippen LogP contribution in [0.4, 0.5) is 0 Å². The number of hydrogen-bond donors (Lipinski definition) is 2. The SMILES string of the molecule is CCCNC(=O)C(C)N(C)Cc1cccc(CN)c1. The molecule has 0 spiro atoms. The Kier molecular flexibility index (Phi) is 6.53. The number of rotatable bonds is 7. The number of nitrogens with two attached hydrogens (primary N) is 1. The Hall–Kier alpha value is -1.39. The monoisotopic (exact) mass is 263 g/mol. The molecule has 1 atom stereocenters. The number of carbonyl (C=O) groups excluding carboxylic acids is 1. The van der Waals surface area contributed by atoms with Crippen molar-refractivity contribution in [3.05, 3.63) is 35.4 Å². The fourth-order valence-electron chi connectivity index (χ4n) is 1.88. The largest absolute Gasteiger partial charge is 0.355 e. The molecule has 0 aromatic heterocycles. The summed E-state index contributed by atoms with van der Waals surface area (Å²) in [6, 6.07) is 8.04. The summed E-state index contributed by atoms with van der Waals surface area (Å²) in [6.45, 7) is 6.00. The van der Waals surface area contributed by atoms with Crippen molar-refractivity contribution in [1.82, 2.24) is 10.2 Å². The van der Waals surface area contributed by atoms with Gasteiger partial charge >= 0.3 is 0 Å². The van der Waals surface area contributed by atoms with Crippen LogP contribution in [0.15, 0.2) is 24.3 Å². The van der Waals surface area contributed by atoms with Gasteiger partial charge in [-0.3, -0.25) is 9.69 Å². The Morgan fingerprint density at radius 2 is 2.11 bits per heavy atom. The molecule has 0 fully saturated rings. The fourth-order valence-corrected chi connectivity index (χ4v) is 1.88. The topological polar surface area (TPSA) is 58.4 Å². The molecule has 1 unspecified atom stereocenters. The summed E-state index contributed by atoms with van der Waals surface area (Å²) in [7, 11) is 1.96. The average Bonchev–Trinajstić information content (AvgIpc) is 2.43. The highest BCUT2D eigenvalue weighted by atomic mass is 16.2. The predicted octanol–water partition coefficient (Wildman–Crippen LogP) is 1.49. The van der Waals surface area contributed by atoms with Crippen molar-refractivity contribution in [3.63, 3.8) is 0 Å². The van der Waals surface area contributed by atoms with Gasteiger partial charge in [-0.15, -0.1) is 0 Å². The summed E-state index contributed by atoms with van der Waals surface area (Å²) in [5, 5.41) is 2.92. The molecule has 0 saturated carbocycles. The van der Waals surface area contributed by atoms with Gasteiger partial charge in [0.25, 0.3) is 0 Å². The molecule has 0 aliphatic heterocycles. The second-order valence-corrected chi connectivity index (χ2v) is 4.91. The lowest BCUT2D eigenvalue weighted by Gasteiger charge is -2.24. The molecular formula is C15H25N3O. The van der Waals surface area contributed by atoms with Crippen LogP contribution in [-0.4, -0.2) is 30.4 Å². The molecule has 0 saturated heterocycles. The highest BCUT2D eigenvalue weighted by Gasteiger charge is 2.17. The van der Waals surface area contributed by atoms with E-state index in [1.165, 1.54) is 5.56 Å². The van der Waals surface area contributed by atoms with Gasteiger partial charge in [-0.2, -0.15) is 0 Å². The molecule has 0 aliphatic carbocycles. The number of hydrogen-bond acceptors (Lipinski definition) is 3. The van der Waals surface area contributed by atoms with E-state index in [1.54, 1.807) is 0 Å². The minimum atomic E-state index is -0.131. The van der Waals surface area contributed by atoms with Crippen LogP contribution in [0.5, 0.6) is 0 Å². The van der Waals surface area contributed by atoms with E-state index >= 15 is 0 Å². The number of amides is 1. The van der Waals surface area contributed by atoms with Gasteiger partial charge in [0.15, 0.2) is 0 Å². The molecule has 106 valence electrons. The van der Waals surface area contributed by atoms with Crippen LogP contribution in [0.25, 0.3) is 0 Å². The van der Waals surface area contributed by atoms with Crippen molar-refractivity contribution in [2.75, 3.05) is 13.6 Å². The Bertz CT molecular complexity index is 406. The second kappa shape index (κ2) is 7.92. The van der Waals surface area contributed by atoms with Gasteiger partial charge in [0.05, 0.1) is 6.04 Å². The van der Waals surface area contributed by atoms with Crippen molar-refractivity contribution >= 4 is 5.91 Å². The summed E-state index contributed by atoms with van der Waals surface area (Å²) in [6.07, 6.45) is 0.959. The van der Waals surface area contributed by atoms with Crippen molar-refractivity contribution < 1.29 is 4.79 Å². The van der Waals surface area contributed by atoms with E-state index in [4.69, 9.17) is 5.73 Å². The second-order valence-electron chi connectivity index (χ2n) is 4.91. The first-order chi connectivity index (χ1) is 9.08. The van der Waals surface area contributed by atoms with Gasteiger partial charge in [-0.1, -0.05) is 31.2 Å². The molecule has 0 radical (unpaired) electrons. The van der Waals surface area contributed by atoms with Gasteiger partial charge in [-0.05, 0) is 31.5 Å². The number of likely N-dealkylation sites (N-methyl/N-ethyl adjacent to an activating group) is 1. The molecule has 0 bridgehead atoms. The third-order valence-electron chi connectivity index (χ3n) is 3.25. The molecule has 1 aromatic carbocycles. The molecule has 0 aliphatic rings. The highest BCUT2D eigenvalue weighted by Crippen LogP contribution is 2.09. The third kappa shape index (κ3) is 5.01. The molecule has 19 heavy (non-hydrogen) atoms. The quantitative estimate of drug-likeness (QED) is 0.783. The lowest BCUT2D eigenvalue weighted by Crippen LogP contribution is -2.43. The number of nitrogens with zero attached hydrogens (tertiary/aromatic N) is 1. The molecule has 3 N–H and O–H groups in total. The normalized spacial score (nSPS) is 12.5. The fraction of sp³-hybridized carbons (Fsp3) is 0.533. The lowest BCUT2D eigenvalue weighted by atomic mass is 10.1. The summed E-state index contributed by atoms with van der Waals surface area (Å²) in [5.41, 5.74) is 7.94. The first-order valence-electron chi connectivity index (χ1n) is 6.84. The van der Waals surface area contributed by atoms with Crippen LogP contribution in [0, 0.1) is 0 Å². The maximum absolute atomic E-state index is 11.9. The third-order valence-corrected chi connectivity index (χ3v) is 3.25. The first kappa shape index (κ1) is 15.7. The van der Waals surface area contributed by atoms with Gasteiger partial charge in [0, 0.05) is 19.6 Å². The Morgan fingerprint density at radius 3 is 2.74 bits per heavy atom. The summed E-state index contributed by atoms with van der Waals surface area (Å²) in [5.74, 6) is 0.0827. The van der Waals surface area contributed by atoms with Crippen molar-refractivity contribution in [3.8, 4) is 0 Å². The minimum Gasteiger partial charge on any atom is -0.355 e. The number of carbonyl (C=O) groups is 1. The molecule has 1 aromatic rings. The Labute approximate surface area is 116 Å². The van der Waals surface area contributed by atoms with E-state index < -0.39 is 0 Å². The lowest BCUT2D eigenvalue weighted by molar-refractivity contribution is -0.125. The van der Waals surface area contributed by atoms with E-state index in [-0.39, 0.29) is 11.9 Å². The Morgan fingerprint density at radius 1 is 1.42 bits per heavy atom. The van der Waals surface area contributed by atoms with Crippen LogP contribution >= 0.6 is 0 Å². The average molecular weight is 263 g/mol. The molecule has 1 amide bonds. The summed E-state index contributed by atoms with van der Waals surface area (Å²) in [4.78, 5) is 13.9. The summed E-state index contributed by atoms with van der Waals surface area (Å²) < 4.78 is 0. The zero-order valence-electron chi connectivity index (χ0n) is 12.1. The zero-order chi connectivity index (χ0) is 14.3. The van der Waals surface area contributed by atoms with Gasteiger partial charge in [-0.25, -0.2) is 0 Å². The van der Waals surface area contributed by atoms with Gasteiger partial charge < -0.3 is 11.1 Å². The standard InChI is InChI=1S/C15H25N3O/c1-4-8-17-15(19)12(2)18(3)11-14-7-5-6-13(9-14)10-16/h5-7,9,12H,4,8,10-11,16H2,1-3H3,(H,17,19). The first-order valence-corrected chi connectivity index (χ1v) is 6.84. The van der Waals surface area contributed by atoms with Crippen molar-refractivity contribution in [2.45, 2.75) is 39.4 Å². The van der Waals surface area contributed by atoms with Gasteiger partial charge in [0.1, 0.15) is 0 Å². The number of benzene rings is 1. The van der Waals surface area contributed by atoms with E-state index in [0.29, 0.717) is 6.54 Å². The van der Waals surface area contributed by atoms with Crippen LogP contribution in [0.1, 0.15) is 31.4 Å². The van der Waals surface area contributed by atoms with Crippen molar-refractivity contribution in [2.24, 2.45) is 5.73 Å². The van der Waals surface area contributed by atoms with Crippen LogP contribution in [0.3, 0.4) is 0 Å². The van der Waals surface area contributed by atoms with Crippen LogP contribution < -0.4 is 11.1 Å². The van der Waals surface area contributed by atoms with E-state index in [1.807, 2.05) is 37.9 Å². The van der Waals surface area contributed by atoms with Crippen LogP contribution in [-0.2, 0) is 17.9 Å². The molecule has 4 heteroatoms. The zero-order valence-corrected chi connectivity index (χ0v) is 12.1. The molecule has 0 heterocycles. The Balaban J connectivity index is 2.57. The maximum Gasteiger partial charge on any atom is 0.237 e. The van der Waals surface area contributed by atoms with E-state index in [2.05, 4.69) is 17.4 Å². The van der Waals surface area contributed by atoms with Crippen LogP contribution in [0.2, 0.25) is 0 Å². The molecule has 1 rings (SSSR count). The molecule has 4 nitrogen and oxygen atoms in total. The van der Waals surface area contributed by atoms with E-state index in [0.717, 1.165) is 25.1 Å².